The van der Waals surface area contributed by atoms with Gasteiger partial charge in [0.2, 0.25) is 5.91 Å². The van der Waals surface area contributed by atoms with E-state index >= 15 is 0 Å². The Labute approximate surface area is 161 Å². The number of carbonyl (C=O) groups excluding carboxylic acids is 2. The molecule has 0 radical (unpaired) electrons. The van der Waals surface area contributed by atoms with Gasteiger partial charge in [-0.15, -0.1) is 0 Å². The molecule has 136 valence electrons. The number of carbonyl (C=O) groups is 2. The molecule has 26 heavy (non-hydrogen) atoms. The van der Waals surface area contributed by atoms with E-state index in [0.29, 0.717) is 17.9 Å². The molecule has 2 aromatic rings. The number of hydrogen-bond donors (Lipinski definition) is 1. The van der Waals surface area contributed by atoms with Gasteiger partial charge in [0, 0.05) is 28.8 Å². The van der Waals surface area contributed by atoms with Crippen molar-refractivity contribution in [3.8, 4) is 5.75 Å². The van der Waals surface area contributed by atoms with E-state index in [2.05, 4.69) is 21.2 Å². The number of rotatable bonds is 5. The molecule has 0 saturated carbocycles. The lowest BCUT2D eigenvalue weighted by molar-refractivity contribution is -0.122. The van der Waals surface area contributed by atoms with Crippen molar-refractivity contribution in [2.45, 2.75) is 32.8 Å². The maximum Gasteiger partial charge on any atom is 0.265 e. The summed E-state index contributed by atoms with van der Waals surface area (Å²) in [5.74, 6) is 0.564. The van der Waals surface area contributed by atoms with Gasteiger partial charge in [-0.05, 0) is 68.3 Å². The van der Waals surface area contributed by atoms with Crippen LogP contribution in [0, 0.1) is 6.92 Å². The largest absolute Gasteiger partial charge is 0.481 e. The van der Waals surface area contributed by atoms with E-state index in [1.165, 1.54) is 0 Å². The Bertz CT molecular complexity index is 820. The smallest absolute Gasteiger partial charge is 0.265 e. The van der Waals surface area contributed by atoms with Gasteiger partial charge in [-0.3, -0.25) is 9.59 Å². The summed E-state index contributed by atoms with van der Waals surface area (Å²) in [6.45, 7) is 4.41. The second-order valence-electron chi connectivity index (χ2n) is 6.35. The Hall–Kier alpha value is -2.34. The van der Waals surface area contributed by atoms with Crippen LogP contribution in [-0.2, 0) is 9.59 Å². The number of amides is 2. The fraction of sp³-hybridized carbons (Fsp3) is 0.300. The van der Waals surface area contributed by atoms with E-state index in [4.69, 9.17) is 4.74 Å². The van der Waals surface area contributed by atoms with Crippen LogP contribution in [0.25, 0.3) is 0 Å². The Morgan fingerprint density at radius 2 is 1.96 bits per heavy atom. The lowest BCUT2D eigenvalue weighted by Gasteiger charge is -2.20. The summed E-state index contributed by atoms with van der Waals surface area (Å²) >= 11 is 3.37. The molecule has 5 nitrogen and oxygen atoms in total. The van der Waals surface area contributed by atoms with Gasteiger partial charge >= 0.3 is 0 Å². The van der Waals surface area contributed by atoms with Crippen LogP contribution in [0.2, 0.25) is 0 Å². The van der Waals surface area contributed by atoms with Crippen molar-refractivity contribution in [1.29, 1.82) is 0 Å². The van der Waals surface area contributed by atoms with Crippen LogP contribution in [-0.4, -0.2) is 24.5 Å². The van der Waals surface area contributed by atoms with E-state index in [9.17, 15) is 9.59 Å². The molecule has 1 N–H and O–H groups in total. The molecular formula is C20H21BrN2O3. The first kappa shape index (κ1) is 18.5. The van der Waals surface area contributed by atoms with Crippen molar-refractivity contribution < 1.29 is 14.3 Å². The highest BCUT2D eigenvalue weighted by atomic mass is 79.9. The predicted molar refractivity (Wildman–Crippen MR) is 106 cm³/mol. The van der Waals surface area contributed by atoms with Gasteiger partial charge < -0.3 is 15.0 Å². The van der Waals surface area contributed by atoms with E-state index in [1.807, 2.05) is 37.3 Å². The second-order valence-corrected chi connectivity index (χ2v) is 7.27. The van der Waals surface area contributed by atoms with Gasteiger partial charge in [-0.25, -0.2) is 0 Å². The third-order valence-electron chi connectivity index (χ3n) is 4.32. The highest BCUT2D eigenvalue weighted by Crippen LogP contribution is 2.27. The van der Waals surface area contributed by atoms with Gasteiger partial charge in [-0.2, -0.15) is 0 Å². The fourth-order valence-corrected chi connectivity index (χ4v) is 3.22. The van der Waals surface area contributed by atoms with Gasteiger partial charge in [0.1, 0.15) is 5.75 Å². The van der Waals surface area contributed by atoms with Crippen molar-refractivity contribution in [2.75, 3.05) is 16.8 Å². The Kier molecular flexibility index (Phi) is 5.61. The number of ether oxygens (including phenoxy) is 1. The zero-order chi connectivity index (χ0) is 18.7. The Morgan fingerprint density at radius 3 is 2.58 bits per heavy atom. The normalized spacial score (nSPS) is 15.0. The second kappa shape index (κ2) is 7.91. The number of aryl methyl sites for hydroxylation is 1. The minimum atomic E-state index is -0.628. The molecule has 1 aliphatic rings. The molecule has 0 aromatic heterocycles. The van der Waals surface area contributed by atoms with Crippen molar-refractivity contribution in [2.24, 2.45) is 0 Å². The number of nitrogens with one attached hydrogen (secondary N) is 1. The van der Waals surface area contributed by atoms with Crippen molar-refractivity contribution >= 4 is 39.1 Å². The Balaban J connectivity index is 1.64. The zero-order valence-electron chi connectivity index (χ0n) is 14.8. The number of nitrogens with zero attached hydrogens (tertiary/aromatic N) is 1. The lowest BCUT2D eigenvalue weighted by Crippen LogP contribution is -2.30. The molecule has 3 rings (SSSR count). The van der Waals surface area contributed by atoms with Crippen molar-refractivity contribution in [1.82, 2.24) is 0 Å². The molecule has 1 saturated heterocycles. The van der Waals surface area contributed by atoms with Crippen LogP contribution in [0.3, 0.4) is 0 Å². The predicted octanol–water partition coefficient (Wildman–Crippen LogP) is 4.29. The average molecular weight is 417 g/mol. The van der Waals surface area contributed by atoms with Crippen LogP contribution >= 0.6 is 15.9 Å². The summed E-state index contributed by atoms with van der Waals surface area (Å²) in [7, 11) is 0. The first-order chi connectivity index (χ1) is 12.4. The molecule has 1 fully saturated rings. The minimum absolute atomic E-state index is 0.154. The standard InChI is InChI=1S/C20H21BrN2O3/c1-13-12-16(7-10-18(13)23-11-3-4-19(23)24)22-20(25)14(2)26-17-8-5-15(21)6-9-17/h5-10,12,14H,3-4,11H2,1-2H3,(H,22,25)/t14-/m1/s1. The molecule has 0 bridgehead atoms. The topological polar surface area (TPSA) is 58.6 Å². The summed E-state index contributed by atoms with van der Waals surface area (Å²) in [6, 6.07) is 12.9. The van der Waals surface area contributed by atoms with Crippen molar-refractivity contribution in [3.63, 3.8) is 0 Å². The quantitative estimate of drug-likeness (QED) is 0.790. The van der Waals surface area contributed by atoms with Crippen LogP contribution < -0.4 is 15.0 Å². The highest BCUT2D eigenvalue weighted by Gasteiger charge is 2.23. The number of halogens is 1. The van der Waals surface area contributed by atoms with Gasteiger partial charge in [0.15, 0.2) is 6.10 Å². The summed E-state index contributed by atoms with van der Waals surface area (Å²) < 4.78 is 6.62. The van der Waals surface area contributed by atoms with E-state index in [-0.39, 0.29) is 11.8 Å². The minimum Gasteiger partial charge on any atom is -0.481 e. The summed E-state index contributed by atoms with van der Waals surface area (Å²) in [4.78, 5) is 26.1. The molecule has 0 spiro atoms. The molecule has 1 aliphatic heterocycles. The third-order valence-corrected chi connectivity index (χ3v) is 4.85. The van der Waals surface area contributed by atoms with Gasteiger partial charge in [0.25, 0.3) is 5.91 Å². The van der Waals surface area contributed by atoms with E-state index in [0.717, 1.165) is 28.7 Å². The van der Waals surface area contributed by atoms with Crippen molar-refractivity contribution in [3.05, 3.63) is 52.5 Å². The molecule has 2 amide bonds. The number of hydrogen-bond acceptors (Lipinski definition) is 3. The van der Waals surface area contributed by atoms with Crippen LogP contribution in [0.1, 0.15) is 25.3 Å². The third kappa shape index (κ3) is 4.25. The van der Waals surface area contributed by atoms with Gasteiger partial charge in [-0.1, -0.05) is 15.9 Å². The summed E-state index contributed by atoms with van der Waals surface area (Å²) in [5, 5.41) is 2.87. The van der Waals surface area contributed by atoms with E-state index < -0.39 is 6.10 Å². The molecular weight excluding hydrogens is 396 g/mol. The zero-order valence-corrected chi connectivity index (χ0v) is 16.4. The average Bonchev–Trinajstić information content (AvgIpc) is 3.03. The lowest BCUT2D eigenvalue weighted by atomic mass is 10.1. The summed E-state index contributed by atoms with van der Waals surface area (Å²) in [5.41, 5.74) is 2.55. The van der Waals surface area contributed by atoms with Gasteiger partial charge in [0.05, 0.1) is 0 Å². The van der Waals surface area contributed by atoms with Crippen LogP contribution in [0.5, 0.6) is 5.75 Å². The first-order valence-electron chi connectivity index (χ1n) is 8.58. The molecule has 0 unspecified atom stereocenters. The Morgan fingerprint density at radius 1 is 1.23 bits per heavy atom. The van der Waals surface area contributed by atoms with Crippen LogP contribution in [0.4, 0.5) is 11.4 Å². The summed E-state index contributed by atoms with van der Waals surface area (Å²) in [6.07, 6.45) is 0.862. The SMILES string of the molecule is Cc1cc(NC(=O)[C@@H](C)Oc2ccc(Br)cc2)ccc1N1CCCC1=O. The fourth-order valence-electron chi connectivity index (χ4n) is 2.95. The number of benzene rings is 2. The molecule has 6 heteroatoms. The number of anilines is 2. The van der Waals surface area contributed by atoms with E-state index in [1.54, 1.807) is 24.0 Å². The first-order valence-corrected chi connectivity index (χ1v) is 9.37. The monoisotopic (exact) mass is 416 g/mol. The molecule has 1 heterocycles. The molecule has 2 aromatic carbocycles. The maximum atomic E-state index is 12.4. The molecule has 1 atom stereocenters. The van der Waals surface area contributed by atoms with Crippen LogP contribution in [0.15, 0.2) is 46.9 Å². The highest BCUT2D eigenvalue weighted by molar-refractivity contribution is 9.10. The molecule has 0 aliphatic carbocycles. The maximum absolute atomic E-state index is 12.4.